The quantitative estimate of drug-likeness (QED) is 0.808. The number of thiophene rings is 1. The van der Waals surface area contributed by atoms with E-state index in [-0.39, 0.29) is 12.5 Å². The third-order valence-electron chi connectivity index (χ3n) is 3.19. The SMILES string of the molecule is CCOC(=O)c1cc(C)sc1NC(=O)c1cc(OC)cc(OC)c1. The highest BCUT2D eigenvalue weighted by Gasteiger charge is 2.19. The molecule has 2 rings (SSSR count). The van der Waals surface area contributed by atoms with Crippen LogP contribution in [0, 0.1) is 6.92 Å². The van der Waals surface area contributed by atoms with Gasteiger partial charge in [-0.2, -0.15) is 0 Å². The van der Waals surface area contributed by atoms with Gasteiger partial charge < -0.3 is 19.5 Å². The fourth-order valence-corrected chi connectivity index (χ4v) is 2.98. The molecule has 0 saturated heterocycles. The second kappa shape index (κ2) is 7.83. The number of amides is 1. The average Bonchev–Trinajstić information content (AvgIpc) is 2.94. The van der Waals surface area contributed by atoms with Crippen molar-refractivity contribution in [2.45, 2.75) is 13.8 Å². The number of aryl methyl sites for hydroxylation is 1. The molecule has 7 heteroatoms. The third kappa shape index (κ3) is 4.05. The zero-order chi connectivity index (χ0) is 17.7. The molecule has 0 aliphatic rings. The van der Waals surface area contributed by atoms with E-state index in [1.54, 1.807) is 31.2 Å². The minimum absolute atomic E-state index is 0.272. The Hall–Kier alpha value is -2.54. The molecule has 6 nitrogen and oxygen atoms in total. The maximum atomic E-state index is 12.5. The lowest BCUT2D eigenvalue weighted by Gasteiger charge is -2.09. The summed E-state index contributed by atoms with van der Waals surface area (Å²) in [5.41, 5.74) is 0.717. The standard InChI is InChI=1S/C17H19NO5S/c1-5-23-17(20)14-6-10(2)24-16(14)18-15(19)11-7-12(21-3)9-13(8-11)22-4/h6-9H,5H2,1-4H3,(H,18,19). The van der Waals surface area contributed by atoms with Crippen molar-refractivity contribution in [2.75, 3.05) is 26.1 Å². The first-order valence-electron chi connectivity index (χ1n) is 7.30. The van der Waals surface area contributed by atoms with Crippen LogP contribution in [0.4, 0.5) is 5.00 Å². The van der Waals surface area contributed by atoms with Gasteiger partial charge in [0.25, 0.3) is 5.91 Å². The van der Waals surface area contributed by atoms with E-state index in [0.29, 0.717) is 27.6 Å². The van der Waals surface area contributed by atoms with Crippen LogP contribution in [-0.4, -0.2) is 32.7 Å². The predicted octanol–water partition coefficient (Wildman–Crippen LogP) is 3.50. The number of anilines is 1. The van der Waals surface area contributed by atoms with Gasteiger partial charge in [-0.05, 0) is 32.0 Å². The van der Waals surface area contributed by atoms with Crippen molar-refractivity contribution < 1.29 is 23.8 Å². The highest BCUT2D eigenvalue weighted by molar-refractivity contribution is 7.16. The highest BCUT2D eigenvalue weighted by Crippen LogP contribution is 2.30. The molecule has 0 unspecified atom stereocenters. The van der Waals surface area contributed by atoms with E-state index in [2.05, 4.69) is 5.32 Å². The van der Waals surface area contributed by atoms with Crippen LogP contribution in [0.15, 0.2) is 24.3 Å². The Morgan fingerprint density at radius 1 is 1.08 bits per heavy atom. The predicted molar refractivity (Wildman–Crippen MR) is 92.5 cm³/mol. The summed E-state index contributed by atoms with van der Waals surface area (Å²) in [6, 6.07) is 6.57. The number of methoxy groups -OCH3 is 2. The lowest BCUT2D eigenvalue weighted by molar-refractivity contribution is 0.0528. The summed E-state index contributed by atoms with van der Waals surface area (Å²) in [5, 5.41) is 3.21. The summed E-state index contributed by atoms with van der Waals surface area (Å²) < 4.78 is 15.3. The van der Waals surface area contributed by atoms with Crippen LogP contribution in [0.5, 0.6) is 11.5 Å². The van der Waals surface area contributed by atoms with Gasteiger partial charge in [0.15, 0.2) is 0 Å². The number of benzene rings is 1. The van der Waals surface area contributed by atoms with Crippen LogP contribution in [0.2, 0.25) is 0 Å². The minimum Gasteiger partial charge on any atom is -0.497 e. The zero-order valence-electron chi connectivity index (χ0n) is 14.0. The summed E-state index contributed by atoms with van der Waals surface area (Å²) >= 11 is 1.32. The van der Waals surface area contributed by atoms with Crippen LogP contribution < -0.4 is 14.8 Å². The normalized spacial score (nSPS) is 10.2. The van der Waals surface area contributed by atoms with Crippen molar-refractivity contribution in [1.29, 1.82) is 0 Å². The molecule has 1 aromatic carbocycles. The van der Waals surface area contributed by atoms with Crippen molar-refractivity contribution in [1.82, 2.24) is 0 Å². The van der Waals surface area contributed by atoms with Crippen LogP contribution in [0.3, 0.4) is 0 Å². The van der Waals surface area contributed by atoms with Crippen LogP contribution in [0.1, 0.15) is 32.5 Å². The van der Waals surface area contributed by atoms with Gasteiger partial charge in [-0.25, -0.2) is 4.79 Å². The van der Waals surface area contributed by atoms with Crippen LogP contribution in [-0.2, 0) is 4.74 Å². The van der Waals surface area contributed by atoms with Crippen molar-refractivity contribution in [3.05, 3.63) is 40.3 Å². The molecule has 0 aliphatic heterocycles. The molecule has 128 valence electrons. The van der Waals surface area contributed by atoms with Crippen molar-refractivity contribution >= 4 is 28.2 Å². The van der Waals surface area contributed by atoms with Crippen molar-refractivity contribution in [3.63, 3.8) is 0 Å². The topological polar surface area (TPSA) is 73.9 Å². The molecule has 0 saturated carbocycles. The third-order valence-corrected chi connectivity index (χ3v) is 4.16. The van der Waals surface area contributed by atoms with E-state index in [4.69, 9.17) is 14.2 Å². The van der Waals surface area contributed by atoms with E-state index < -0.39 is 5.97 Å². The zero-order valence-corrected chi connectivity index (χ0v) is 14.8. The molecule has 24 heavy (non-hydrogen) atoms. The summed E-state index contributed by atoms with van der Waals surface area (Å²) in [4.78, 5) is 25.4. The second-order valence-corrected chi connectivity index (χ2v) is 6.13. The highest BCUT2D eigenvalue weighted by atomic mass is 32.1. The minimum atomic E-state index is -0.458. The first-order valence-corrected chi connectivity index (χ1v) is 8.12. The van der Waals surface area contributed by atoms with Gasteiger partial charge in [-0.3, -0.25) is 4.79 Å². The summed E-state index contributed by atoms with van der Waals surface area (Å²) in [6.07, 6.45) is 0. The molecule has 0 aliphatic carbocycles. The summed E-state index contributed by atoms with van der Waals surface area (Å²) in [6.45, 7) is 3.86. The Bertz CT molecular complexity index is 731. The first kappa shape index (κ1) is 17.8. The Morgan fingerprint density at radius 3 is 2.25 bits per heavy atom. The molecule has 0 radical (unpaired) electrons. The molecule has 1 amide bonds. The molecule has 1 N–H and O–H groups in total. The van der Waals surface area contributed by atoms with E-state index in [9.17, 15) is 9.59 Å². The molecular weight excluding hydrogens is 330 g/mol. The monoisotopic (exact) mass is 349 g/mol. The van der Waals surface area contributed by atoms with Gasteiger partial charge in [-0.15, -0.1) is 11.3 Å². The van der Waals surface area contributed by atoms with Crippen LogP contribution >= 0.6 is 11.3 Å². The number of carbonyl (C=O) groups is 2. The number of hydrogen-bond acceptors (Lipinski definition) is 6. The van der Waals surface area contributed by atoms with E-state index in [1.165, 1.54) is 25.6 Å². The number of ether oxygens (including phenoxy) is 3. The maximum Gasteiger partial charge on any atom is 0.341 e. The smallest absolute Gasteiger partial charge is 0.341 e. The molecule has 0 atom stereocenters. The summed E-state index contributed by atoms with van der Waals surface area (Å²) in [5.74, 6) is 0.194. The number of esters is 1. The van der Waals surface area contributed by atoms with E-state index >= 15 is 0 Å². The number of nitrogens with one attached hydrogen (secondary N) is 1. The Labute approximate surface area is 144 Å². The van der Waals surface area contributed by atoms with Gasteiger partial charge in [-0.1, -0.05) is 0 Å². The van der Waals surface area contributed by atoms with Gasteiger partial charge in [0.1, 0.15) is 16.5 Å². The lowest BCUT2D eigenvalue weighted by Crippen LogP contribution is -2.14. The molecular formula is C17H19NO5S. The maximum absolute atomic E-state index is 12.5. The van der Waals surface area contributed by atoms with Gasteiger partial charge in [0, 0.05) is 16.5 Å². The Kier molecular flexibility index (Phi) is 5.81. The molecule has 0 bridgehead atoms. The fraction of sp³-hybridized carbons (Fsp3) is 0.294. The van der Waals surface area contributed by atoms with E-state index in [0.717, 1.165) is 4.88 Å². The van der Waals surface area contributed by atoms with E-state index in [1.807, 2.05) is 6.92 Å². The van der Waals surface area contributed by atoms with Gasteiger partial charge in [0.2, 0.25) is 0 Å². The molecule has 1 heterocycles. The van der Waals surface area contributed by atoms with Gasteiger partial charge in [0.05, 0.1) is 26.4 Å². The summed E-state index contributed by atoms with van der Waals surface area (Å²) in [7, 11) is 3.02. The number of rotatable bonds is 6. The van der Waals surface area contributed by atoms with Crippen molar-refractivity contribution in [3.8, 4) is 11.5 Å². The largest absolute Gasteiger partial charge is 0.497 e. The second-order valence-electron chi connectivity index (χ2n) is 4.88. The van der Waals surface area contributed by atoms with Gasteiger partial charge >= 0.3 is 5.97 Å². The Morgan fingerprint density at radius 2 is 1.71 bits per heavy atom. The number of carbonyl (C=O) groups excluding carboxylic acids is 2. The fourth-order valence-electron chi connectivity index (χ4n) is 2.08. The number of hydrogen-bond donors (Lipinski definition) is 1. The molecule has 0 fully saturated rings. The first-order chi connectivity index (χ1) is 11.5. The molecule has 2 aromatic rings. The molecule has 1 aromatic heterocycles. The average molecular weight is 349 g/mol. The Balaban J connectivity index is 2.29. The molecule has 0 spiro atoms. The van der Waals surface area contributed by atoms with Crippen LogP contribution in [0.25, 0.3) is 0 Å². The van der Waals surface area contributed by atoms with Crippen molar-refractivity contribution in [2.24, 2.45) is 0 Å². The lowest BCUT2D eigenvalue weighted by atomic mass is 10.2.